The van der Waals surface area contributed by atoms with Crippen LogP contribution >= 0.6 is 11.6 Å². The average Bonchev–Trinajstić information content (AvgIpc) is 2.48. The molecule has 2 aromatic rings. The Kier molecular flexibility index (Phi) is 4.65. The summed E-state index contributed by atoms with van der Waals surface area (Å²) in [4.78, 5) is 11.0. The predicted octanol–water partition coefficient (Wildman–Crippen LogP) is 3.76. The van der Waals surface area contributed by atoms with Crippen molar-refractivity contribution in [1.82, 2.24) is 0 Å². The zero-order chi connectivity index (χ0) is 15.4. The quantitative estimate of drug-likeness (QED) is 0.913. The number of methoxy groups -OCH3 is 1. The summed E-state index contributed by atoms with van der Waals surface area (Å²) in [5.41, 5.74) is 0.524. The van der Waals surface area contributed by atoms with Crippen LogP contribution in [0.1, 0.15) is 15.9 Å². The molecule has 0 unspecified atom stereocenters. The van der Waals surface area contributed by atoms with E-state index in [9.17, 15) is 9.18 Å². The molecule has 0 amide bonds. The van der Waals surface area contributed by atoms with Crippen LogP contribution in [0, 0.1) is 5.82 Å². The number of hydrogen-bond donors (Lipinski definition) is 1. The number of ether oxygens (including phenoxy) is 2. The second-order valence-corrected chi connectivity index (χ2v) is 4.55. The number of rotatable bonds is 5. The van der Waals surface area contributed by atoms with E-state index in [1.807, 2.05) is 0 Å². The highest BCUT2D eigenvalue weighted by atomic mass is 35.5. The van der Waals surface area contributed by atoms with Crippen molar-refractivity contribution >= 4 is 17.6 Å². The van der Waals surface area contributed by atoms with Crippen molar-refractivity contribution in [3.05, 3.63) is 58.4 Å². The number of carboxylic acid groups (broad SMARTS) is 1. The maximum Gasteiger partial charge on any atom is 0.335 e. The minimum Gasteiger partial charge on any atom is -0.493 e. The van der Waals surface area contributed by atoms with Gasteiger partial charge in [-0.2, -0.15) is 0 Å². The maximum atomic E-state index is 13.3. The fourth-order valence-electron chi connectivity index (χ4n) is 1.74. The van der Waals surface area contributed by atoms with E-state index in [2.05, 4.69) is 0 Å². The first-order chi connectivity index (χ1) is 10.0. The standard InChI is InChI=1S/C15H12ClFO4/c1-20-12-6-5-9(15(18)19)7-13(12)21-8-10-3-2-4-11(17)14(10)16/h2-7H,8H2,1H3,(H,18,19). The van der Waals surface area contributed by atoms with Crippen molar-refractivity contribution in [2.45, 2.75) is 6.61 Å². The molecule has 0 aliphatic rings. The number of benzene rings is 2. The first kappa shape index (κ1) is 15.1. The molecule has 0 aliphatic carbocycles. The summed E-state index contributed by atoms with van der Waals surface area (Å²) in [5.74, 6) is -0.986. The molecule has 0 saturated carbocycles. The van der Waals surface area contributed by atoms with Gasteiger partial charge in [-0.05, 0) is 24.3 Å². The third-order valence-corrected chi connectivity index (χ3v) is 3.25. The van der Waals surface area contributed by atoms with Gasteiger partial charge in [0, 0.05) is 5.56 Å². The zero-order valence-electron chi connectivity index (χ0n) is 11.1. The fraction of sp³-hybridized carbons (Fsp3) is 0.133. The Morgan fingerprint density at radius 3 is 2.71 bits per heavy atom. The van der Waals surface area contributed by atoms with E-state index in [0.717, 1.165) is 0 Å². The maximum absolute atomic E-state index is 13.3. The van der Waals surface area contributed by atoms with Crippen molar-refractivity contribution in [1.29, 1.82) is 0 Å². The van der Waals surface area contributed by atoms with Crippen LogP contribution in [0.4, 0.5) is 4.39 Å². The Labute approximate surface area is 125 Å². The number of aromatic carboxylic acids is 1. The molecule has 21 heavy (non-hydrogen) atoms. The highest BCUT2D eigenvalue weighted by molar-refractivity contribution is 6.31. The van der Waals surface area contributed by atoms with E-state index >= 15 is 0 Å². The lowest BCUT2D eigenvalue weighted by Gasteiger charge is -2.12. The van der Waals surface area contributed by atoms with Gasteiger partial charge in [-0.3, -0.25) is 0 Å². The molecular formula is C15H12ClFO4. The molecule has 0 saturated heterocycles. The summed E-state index contributed by atoms with van der Waals surface area (Å²) >= 11 is 5.83. The summed E-state index contributed by atoms with van der Waals surface area (Å²) in [6, 6.07) is 8.63. The molecule has 4 nitrogen and oxygen atoms in total. The minimum absolute atomic E-state index is 0.00394. The molecule has 0 bridgehead atoms. The van der Waals surface area contributed by atoms with Crippen molar-refractivity contribution in [2.75, 3.05) is 7.11 Å². The van der Waals surface area contributed by atoms with Crippen LogP contribution in [0.3, 0.4) is 0 Å². The molecule has 2 aromatic carbocycles. The van der Waals surface area contributed by atoms with Gasteiger partial charge in [-0.1, -0.05) is 23.7 Å². The molecule has 0 aliphatic heterocycles. The van der Waals surface area contributed by atoms with E-state index in [4.69, 9.17) is 26.2 Å². The largest absolute Gasteiger partial charge is 0.493 e. The Balaban J connectivity index is 2.24. The SMILES string of the molecule is COc1ccc(C(=O)O)cc1OCc1cccc(F)c1Cl. The van der Waals surface area contributed by atoms with Gasteiger partial charge in [-0.25, -0.2) is 9.18 Å². The average molecular weight is 311 g/mol. The van der Waals surface area contributed by atoms with Crippen molar-refractivity contribution in [2.24, 2.45) is 0 Å². The summed E-state index contributed by atoms with van der Waals surface area (Å²) in [7, 11) is 1.44. The summed E-state index contributed by atoms with van der Waals surface area (Å²) in [5, 5.41) is 8.95. The molecule has 0 heterocycles. The minimum atomic E-state index is -1.08. The molecule has 110 valence electrons. The smallest absolute Gasteiger partial charge is 0.335 e. The molecule has 6 heteroatoms. The predicted molar refractivity (Wildman–Crippen MR) is 75.7 cm³/mol. The van der Waals surface area contributed by atoms with Crippen molar-refractivity contribution < 1.29 is 23.8 Å². The van der Waals surface area contributed by atoms with E-state index in [1.165, 1.54) is 37.4 Å². The Morgan fingerprint density at radius 2 is 2.05 bits per heavy atom. The second-order valence-electron chi connectivity index (χ2n) is 4.17. The normalized spacial score (nSPS) is 10.2. The second kappa shape index (κ2) is 6.45. The third kappa shape index (κ3) is 3.44. The van der Waals surface area contributed by atoms with Crippen LogP contribution in [-0.2, 0) is 6.61 Å². The van der Waals surface area contributed by atoms with Crippen molar-refractivity contribution in [3.8, 4) is 11.5 Å². The van der Waals surface area contributed by atoms with Gasteiger partial charge in [0.05, 0.1) is 17.7 Å². The Hall–Kier alpha value is -2.27. The number of hydrogen-bond acceptors (Lipinski definition) is 3. The molecule has 0 radical (unpaired) electrons. The van der Waals surface area contributed by atoms with Gasteiger partial charge in [0.25, 0.3) is 0 Å². The molecule has 0 spiro atoms. The van der Waals surface area contributed by atoms with Crippen LogP contribution in [0.15, 0.2) is 36.4 Å². The Bertz CT molecular complexity index is 673. The molecule has 0 aromatic heterocycles. The highest BCUT2D eigenvalue weighted by Gasteiger charge is 2.12. The van der Waals surface area contributed by atoms with Crippen LogP contribution in [0.5, 0.6) is 11.5 Å². The van der Waals surface area contributed by atoms with Gasteiger partial charge in [0.2, 0.25) is 0 Å². The topological polar surface area (TPSA) is 55.8 Å². The van der Waals surface area contributed by atoms with Crippen LogP contribution in [-0.4, -0.2) is 18.2 Å². The van der Waals surface area contributed by atoms with Gasteiger partial charge >= 0.3 is 5.97 Å². The molecule has 1 N–H and O–H groups in total. The third-order valence-electron chi connectivity index (χ3n) is 2.83. The first-order valence-corrected chi connectivity index (χ1v) is 6.37. The zero-order valence-corrected chi connectivity index (χ0v) is 11.9. The van der Waals surface area contributed by atoms with E-state index < -0.39 is 11.8 Å². The van der Waals surface area contributed by atoms with Crippen LogP contribution in [0.2, 0.25) is 5.02 Å². The highest BCUT2D eigenvalue weighted by Crippen LogP contribution is 2.30. The van der Waals surface area contributed by atoms with Crippen LogP contribution < -0.4 is 9.47 Å². The molecular weight excluding hydrogens is 299 g/mol. The monoisotopic (exact) mass is 310 g/mol. The lowest BCUT2D eigenvalue weighted by molar-refractivity contribution is 0.0696. The molecule has 0 fully saturated rings. The number of carboxylic acids is 1. The van der Waals surface area contributed by atoms with Gasteiger partial charge in [-0.15, -0.1) is 0 Å². The summed E-state index contributed by atoms with van der Waals surface area (Å²) in [6.45, 7) is -0.00394. The van der Waals surface area contributed by atoms with Crippen LogP contribution in [0.25, 0.3) is 0 Å². The van der Waals surface area contributed by atoms with E-state index in [0.29, 0.717) is 11.3 Å². The lowest BCUT2D eigenvalue weighted by atomic mass is 10.2. The van der Waals surface area contributed by atoms with Gasteiger partial charge in [0.1, 0.15) is 12.4 Å². The molecule has 0 atom stereocenters. The van der Waals surface area contributed by atoms with E-state index in [-0.39, 0.29) is 22.9 Å². The Morgan fingerprint density at radius 1 is 1.29 bits per heavy atom. The molecule has 2 rings (SSSR count). The number of halogens is 2. The van der Waals surface area contributed by atoms with Gasteiger partial charge in [0.15, 0.2) is 11.5 Å². The fourth-order valence-corrected chi connectivity index (χ4v) is 1.92. The first-order valence-electron chi connectivity index (χ1n) is 6.00. The number of carbonyl (C=O) groups is 1. The lowest BCUT2D eigenvalue weighted by Crippen LogP contribution is -2.02. The summed E-state index contributed by atoms with van der Waals surface area (Å²) in [6.07, 6.45) is 0. The van der Waals surface area contributed by atoms with Gasteiger partial charge < -0.3 is 14.6 Å². The van der Waals surface area contributed by atoms with E-state index in [1.54, 1.807) is 6.07 Å². The van der Waals surface area contributed by atoms with Crippen molar-refractivity contribution in [3.63, 3.8) is 0 Å². The summed E-state index contributed by atoms with van der Waals surface area (Å²) < 4.78 is 23.9.